The van der Waals surface area contributed by atoms with Crippen LogP contribution < -0.4 is 33.6 Å². The van der Waals surface area contributed by atoms with Crippen molar-refractivity contribution in [3.8, 4) is 0 Å². The summed E-state index contributed by atoms with van der Waals surface area (Å²) in [5, 5.41) is 13.8. The van der Waals surface area contributed by atoms with Crippen LogP contribution in [0.15, 0.2) is 0 Å². The third-order valence-electron chi connectivity index (χ3n) is 4.19. The molecule has 0 aliphatic carbocycles. The van der Waals surface area contributed by atoms with Gasteiger partial charge in [-0.15, -0.1) is 0 Å². The van der Waals surface area contributed by atoms with E-state index in [2.05, 4.69) is 10.6 Å². The van der Waals surface area contributed by atoms with Crippen molar-refractivity contribution in [1.29, 1.82) is 0 Å². The maximum atomic E-state index is 12.5. The van der Waals surface area contributed by atoms with Gasteiger partial charge >= 0.3 is 5.97 Å². The zero-order chi connectivity index (χ0) is 21.5. The van der Waals surface area contributed by atoms with Gasteiger partial charge in [-0.25, -0.2) is 0 Å². The maximum Gasteiger partial charge on any atom is 0.303 e. The summed E-state index contributed by atoms with van der Waals surface area (Å²) in [5.74, 6) is -3.08. The molecule has 11 nitrogen and oxygen atoms in total. The van der Waals surface area contributed by atoms with Gasteiger partial charge in [0.15, 0.2) is 0 Å². The molecular formula is C17H34N6O5. The Hall–Kier alpha value is -2.24. The van der Waals surface area contributed by atoms with E-state index in [1.54, 1.807) is 0 Å². The highest BCUT2D eigenvalue weighted by atomic mass is 16.4. The summed E-state index contributed by atoms with van der Waals surface area (Å²) < 4.78 is 0. The second-order valence-electron chi connectivity index (χ2n) is 6.63. The zero-order valence-electron chi connectivity index (χ0n) is 16.2. The number of aliphatic carboxylic acids is 1. The fraction of sp³-hybridized carbons (Fsp3) is 0.765. The van der Waals surface area contributed by atoms with Gasteiger partial charge in [0.2, 0.25) is 17.7 Å². The summed E-state index contributed by atoms with van der Waals surface area (Å²) in [4.78, 5) is 47.2. The Morgan fingerprint density at radius 3 is 1.82 bits per heavy atom. The van der Waals surface area contributed by atoms with Crippen molar-refractivity contribution < 1.29 is 24.3 Å². The summed E-state index contributed by atoms with van der Waals surface area (Å²) in [6.07, 6.45) is 2.83. The number of unbranched alkanes of at least 4 members (excludes halogenated alkanes) is 2. The van der Waals surface area contributed by atoms with Crippen molar-refractivity contribution in [1.82, 2.24) is 10.6 Å². The summed E-state index contributed by atoms with van der Waals surface area (Å²) in [6, 6.07) is -2.91. The molecule has 11 heteroatoms. The number of nitrogens with two attached hydrogens (primary N) is 4. The van der Waals surface area contributed by atoms with Crippen LogP contribution in [0.3, 0.4) is 0 Å². The number of rotatable bonds is 16. The lowest BCUT2D eigenvalue weighted by Crippen LogP contribution is -2.55. The van der Waals surface area contributed by atoms with Crippen LogP contribution >= 0.6 is 0 Å². The molecule has 0 radical (unpaired) electrons. The number of amides is 3. The first-order valence-corrected chi connectivity index (χ1v) is 9.50. The zero-order valence-corrected chi connectivity index (χ0v) is 16.2. The third kappa shape index (κ3) is 11.5. The van der Waals surface area contributed by atoms with Crippen LogP contribution in [0.5, 0.6) is 0 Å². The molecule has 0 rings (SSSR count). The fourth-order valence-corrected chi connectivity index (χ4v) is 2.51. The fourth-order valence-electron chi connectivity index (χ4n) is 2.51. The molecule has 0 aliphatic rings. The Balaban J connectivity index is 4.94. The van der Waals surface area contributed by atoms with E-state index in [0.29, 0.717) is 51.6 Å². The van der Waals surface area contributed by atoms with Crippen LogP contribution in [0.4, 0.5) is 0 Å². The second-order valence-corrected chi connectivity index (χ2v) is 6.63. The Morgan fingerprint density at radius 1 is 0.786 bits per heavy atom. The molecule has 0 aromatic heterocycles. The first-order chi connectivity index (χ1) is 13.2. The Kier molecular flexibility index (Phi) is 13.6. The first-order valence-electron chi connectivity index (χ1n) is 9.50. The number of carboxylic acids is 1. The van der Waals surface area contributed by atoms with Crippen LogP contribution in [-0.4, -0.2) is 60.0 Å². The molecule has 3 atom stereocenters. The van der Waals surface area contributed by atoms with Crippen molar-refractivity contribution in [3.63, 3.8) is 0 Å². The van der Waals surface area contributed by atoms with Crippen molar-refractivity contribution in [2.45, 2.75) is 69.5 Å². The number of hydrogen-bond acceptors (Lipinski definition) is 7. The summed E-state index contributed by atoms with van der Waals surface area (Å²) in [6.45, 7) is 0.926. The quantitative estimate of drug-likeness (QED) is 0.141. The molecule has 0 spiro atoms. The molecule has 0 heterocycles. The molecule has 3 amide bonds. The van der Waals surface area contributed by atoms with Gasteiger partial charge in [-0.1, -0.05) is 6.42 Å². The number of carbonyl (C=O) groups excluding carboxylic acids is 3. The van der Waals surface area contributed by atoms with Crippen LogP contribution in [0.1, 0.15) is 51.4 Å². The predicted octanol–water partition coefficient (Wildman–Crippen LogP) is -2.11. The van der Waals surface area contributed by atoms with E-state index in [1.807, 2.05) is 0 Å². The van der Waals surface area contributed by atoms with Gasteiger partial charge in [0, 0.05) is 6.42 Å². The minimum Gasteiger partial charge on any atom is -0.481 e. The highest BCUT2D eigenvalue weighted by molar-refractivity contribution is 5.92. The first kappa shape index (κ1) is 25.8. The lowest BCUT2D eigenvalue weighted by Gasteiger charge is -2.23. The molecule has 0 bridgehead atoms. The minimum absolute atomic E-state index is 0.142. The van der Waals surface area contributed by atoms with Gasteiger partial charge in [0.05, 0.1) is 6.04 Å². The molecule has 162 valence electrons. The minimum atomic E-state index is -1.14. The third-order valence-corrected chi connectivity index (χ3v) is 4.19. The SMILES string of the molecule is NCCCC[C@H](NC(=O)[C@H](CCC(=O)O)NC(=O)[C@@H](N)CCCCN)C(N)=O. The van der Waals surface area contributed by atoms with Gasteiger partial charge in [-0.2, -0.15) is 0 Å². The molecule has 11 N–H and O–H groups in total. The summed E-state index contributed by atoms with van der Waals surface area (Å²) in [7, 11) is 0. The number of nitrogens with one attached hydrogen (secondary N) is 2. The van der Waals surface area contributed by atoms with E-state index >= 15 is 0 Å². The van der Waals surface area contributed by atoms with Crippen LogP contribution in [0.25, 0.3) is 0 Å². The van der Waals surface area contributed by atoms with Crippen LogP contribution in [0, 0.1) is 0 Å². The predicted molar refractivity (Wildman–Crippen MR) is 104 cm³/mol. The van der Waals surface area contributed by atoms with E-state index in [-0.39, 0.29) is 12.8 Å². The molecule has 0 saturated heterocycles. The van der Waals surface area contributed by atoms with E-state index < -0.39 is 41.8 Å². The number of carbonyl (C=O) groups is 4. The van der Waals surface area contributed by atoms with Crippen molar-refractivity contribution in [2.24, 2.45) is 22.9 Å². The number of primary amides is 1. The van der Waals surface area contributed by atoms with Crippen molar-refractivity contribution in [2.75, 3.05) is 13.1 Å². The lowest BCUT2D eigenvalue weighted by molar-refractivity contribution is -0.138. The van der Waals surface area contributed by atoms with E-state index in [4.69, 9.17) is 28.0 Å². The summed E-state index contributed by atoms with van der Waals surface area (Å²) in [5.41, 5.74) is 21.9. The average Bonchev–Trinajstić information content (AvgIpc) is 2.63. The van der Waals surface area contributed by atoms with Gasteiger partial charge in [0.25, 0.3) is 0 Å². The molecule has 0 aliphatic heterocycles. The molecule has 0 saturated carbocycles. The highest BCUT2D eigenvalue weighted by Gasteiger charge is 2.27. The van der Waals surface area contributed by atoms with Gasteiger partial charge < -0.3 is 38.7 Å². The molecule has 0 fully saturated rings. The number of hydrogen-bond donors (Lipinski definition) is 7. The Morgan fingerprint density at radius 2 is 1.32 bits per heavy atom. The standard InChI is InChI=1S/C17H34N6O5/c18-9-3-1-5-11(20)16(27)23-13(7-8-14(24)25)17(28)22-12(15(21)26)6-2-4-10-19/h11-13H,1-10,18-20H2,(H2,21,26)(H,22,28)(H,23,27)(H,24,25)/t11-,12-,13-/m0/s1. The maximum absolute atomic E-state index is 12.5. The molecule has 0 aromatic carbocycles. The van der Waals surface area contributed by atoms with Gasteiger partial charge in [0.1, 0.15) is 12.1 Å². The van der Waals surface area contributed by atoms with Crippen LogP contribution in [0.2, 0.25) is 0 Å². The normalized spacial score (nSPS) is 14.0. The summed E-state index contributed by atoms with van der Waals surface area (Å²) >= 11 is 0. The van der Waals surface area contributed by atoms with E-state index in [9.17, 15) is 19.2 Å². The second kappa shape index (κ2) is 14.8. The largest absolute Gasteiger partial charge is 0.481 e. The molecule has 0 unspecified atom stereocenters. The number of carboxylic acid groups (broad SMARTS) is 1. The monoisotopic (exact) mass is 402 g/mol. The Labute approximate surface area is 164 Å². The van der Waals surface area contributed by atoms with Gasteiger partial charge in [-0.05, 0) is 51.6 Å². The molecule has 28 heavy (non-hydrogen) atoms. The van der Waals surface area contributed by atoms with Gasteiger partial charge in [-0.3, -0.25) is 19.2 Å². The smallest absolute Gasteiger partial charge is 0.303 e. The molecular weight excluding hydrogens is 368 g/mol. The van der Waals surface area contributed by atoms with E-state index in [1.165, 1.54) is 0 Å². The lowest BCUT2D eigenvalue weighted by atomic mass is 10.1. The van der Waals surface area contributed by atoms with Crippen molar-refractivity contribution in [3.05, 3.63) is 0 Å². The van der Waals surface area contributed by atoms with Crippen molar-refractivity contribution >= 4 is 23.7 Å². The highest BCUT2D eigenvalue weighted by Crippen LogP contribution is 2.05. The Bertz CT molecular complexity index is 516. The van der Waals surface area contributed by atoms with Crippen LogP contribution in [-0.2, 0) is 19.2 Å². The molecule has 0 aromatic rings. The topological polar surface area (TPSA) is 217 Å². The average molecular weight is 402 g/mol. The van der Waals surface area contributed by atoms with E-state index in [0.717, 1.165) is 0 Å².